The maximum atomic E-state index is 12.5. The van der Waals surface area contributed by atoms with Crippen LogP contribution in [0.3, 0.4) is 0 Å². The Morgan fingerprint density at radius 2 is 1.83 bits per heavy atom. The van der Waals surface area contributed by atoms with Gasteiger partial charge in [0.15, 0.2) is 17.6 Å². The molecular formula is C17H18O6. The van der Waals surface area contributed by atoms with Crippen LogP contribution < -0.4 is 4.74 Å². The van der Waals surface area contributed by atoms with Crippen LogP contribution in [0.1, 0.15) is 35.3 Å². The molecule has 0 fully saturated rings. The predicted molar refractivity (Wildman–Crippen MR) is 80.3 cm³/mol. The van der Waals surface area contributed by atoms with Crippen molar-refractivity contribution < 1.29 is 29.3 Å². The van der Waals surface area contributed by atoms with Crippen LogP contribution in [-0.2, 0) is 9.53 Å². The Kier molecular flexibility index (Phi) is 3.44. The highest BCUT2D eigenvalue weighted by Gasteiger charge is 2.45. The monoisotopic (exact) mass is 318 g/mol. The van der Waals surface area contributed by atoms with E-state index >= 15 is 0 Å². The lowest BCUT2D eigenvalue weighted by Gasteiger charge is -2.33. The van der Waals surface area contributed by atoms with E-state index in [-0.39, 0.29) is 28.4 Å². The number of aliphatic hydroxyl groups is 1. The zero-order valence-electron chi connectivity index (χ0n) is 13.3. The zero-order valence-corrected chi connectivity index (χ0v) is 13.3. The zero-order chi connectivity index (χ0) is 17.0. The Balaban J connectivity index is 2.24. The van der Waals surface area contributed by atoms with Gasteiger partial charge in [-0.05, 0) is 32.4 Å². The molecule has 3 rings (SSSR count). The molecular weight excluding hydrogens is 300 g/mol. The van der Waals surface area contributed by atoms with Gasteiger partial charge in [0.2, 0.25) is 0 Å². The lowest BCUT2D eigenvalue weighted by molar-refractivity contribution is -0.129. The fourth-order valence-electron chi connectivity index (χ4n) is 3.04. The van der Waals surface area contributed by atoms with E-state index in [1.807, 2.05) is 0 Å². The number of hydrogen-bond donors (Lipinski definition) is 2. The number of esters is 1. The minimum Gasteiger partial charge on any atom is -0.508 e. The van der Waals surface area contributed by atoms with Crippen molar-refractivity contribution in [2.75, 3.05) is 0 Å². The van der Waals surface area contributed by atoms with Crippen molar-refractivity contribution >= 4 is 11.8 Å². The van der Waals surface area contributed by atoms with Crippen LogP contribution in [0.15, 0.2) is 17.4 Å². The van der Waals surface area contributed by atoms with E-state index < -0.39 is 29.9 Å². The number of aliphatic hydroxyl groups excluding tert-OH is 1. The van der Waals surface area contributed by atoms with Crippen molar-refractivity contribution in [3.05, 3.63) is 34.1 Å². The van der Waals surface area contributed by atoms with E-state index in [0.717, 1.165) is 0 Å². The van der Waals surface area contributed by atoms with Gasteiger partial charge >= 0.3 is 5.97 Å². The van der Waals surface area contributed by atoms with Crippen LogP contribution in [0.25, 0.3) is 0 Å². The smallest absolute Gasteiger partial charge is 0.347 e. The van der Waals surface area contributed by atoms with E-state index in [0.29, 0.717) is 11.1 Å². The molecule has 2 aliphatic rings. The van der Waals surface area contributed by atoms with Crippen molar-refractivity contribution in [1.82, 2.24) is 0 Å². The molecule has 0 radical (unpaired) electrons. The lowest BCUT2D eigenvalue weighted by Crippen LogP contribution is -2.45. The molecule has 6 nitrogen and oxygen atoms in total. The first-order chi connectivity index (χ1) is 10.7. The Morgan fingerprint density at radius 1 is 1.17 bits per heavy atom. The Labute approximate surface area is 133 Å². The highest BCUT2D eigenvalue weighted by Crippen LogP contribution is 2.41. The minimum absolute atomic E-state index is 0.0123. The molecule has 1 aromatic carbocycles. The summed E-state index contributed by atoms with van der Waals surface area (Å²) in [6.45, 7) is 6.47. The van der Waals surface area contributed by atoms with E-state index in [1.165, 1.54) is 13.0 Å². The van der Waals surface area contributed by atoms with Gasteiger partial charge in [-0.15, -0.1) is 0 Å². The number of aromatic hydroxyl groups is 1. The summed E-state index contributed by atoms with van der Waals surface area (Å²) in [6, 6.07) is 1.47. The van der Waals surface area contributed by atoms with Gasteiger partial charge in [0, 0.05) is 17.1 Å². The lowest BCUT2D eigenvalue weighted by atomic mass is 9.84. The van der Waals surface area contributed by atoms with Gasteiger partial charge in [-0.2, -0.15) is 0 Å². The summed E-state index contributed by atoms with van der Waals surface area (Å²) >= 11 is 0. The molecule has 122 valence electrons. The van der Waals surface area contributed by atoms with Crippen molar-refractivity contribution in [2.24, 2.45) is 5.92 Å². The number of rotatable bonds is 0. The molecule has 1 heterocycles. The van der Waals surface area contributed by atoms with Crippen LogP contribution in [-0.4, -0.2) is 34.2 Å². The molecule has 0 unspecified atom stereocenters. The van der Waals surface area contributed by atoms with Gasteiger partial charge in [0.25, 0.3) is 0 Å². The van der Waals surface area contributed by atoms with Crippen LogP contribution >= 0.6 is 0 Å². The van der Waals surface area contributed by atoms with Crippen molar-refractivity contribution in [2.45, 2.75) is 39.9 Å². The number of ketones is 1. The van der Waals surface area contributed by atoms with Gasteiger partial charge in [-0.1, -0.05) is 6.92 Å². The van der Waals surface area contributed by atoms with Gasteiger partial charge in [0.05, 0.1) is 0 Å². The summed E-state index contributed by atoms with van der Waals surface area (Å²) in [5.74, 6) is -1.31. The van der Waals surface area contributed by atoms with Gasteiger partial charge in [-0.3, -0.25) is 4.79 Å². The van der Waals surface area contributed by atoms with E-state index in [1.54, 1.807) is 20.8 Å². The summed E-state index contributed by atoms with van der Waals surface area (Å²) in [4.78, 5) is 24.6. The first kappa shape index (κ1) is 15.6. The molecule has 0 bridgehead atoms. The largest absolute Gasteiger partial charge is 0.508 e. The molecule has 0 spiro atoms. The molecule has 23 heavy (non-hydrogen) atoms. The number of Topliss-reactive ketones (excluding diaryl/α,β-unsaturated/α-hetero) is 1. The van der Waals surface area contributed by atoms with Gasteiger partial charge in [-0.25, -0.2) is 4.79 Å². The standard InChI is InChI=1S/C17H18O6/c1-6-5-10(18)7(2)14-11(6)17(21)23-16-9(4)13(20)12(19)8(3)15(16)22-14/h5,8,12,15,18-19H,1-4H3/t8-,12-,15+/m0/s1. The fourth-order valence-corrected chi connectivity index (χ4v) is 3.04. The molecule has 1 aromatic rings. The maximum Gasteiger partial charge on any atom is 0.347 e. The van der Waals surface area contributed by atoms with E-state index in [2.05, 4.69) is 0 Å². The fraction of sp³-hybridized carbons (Fsp3) is 0.412. The van der Waals surface area contributed by atoms with E-state index in [4.69, 9.17) is 9.47 Å². The number of ether oxygens (including phenoxy) is 2. The first-order valence-corrected chi connectivity index (χ1v) is 7.39. The third-order valence-corrected chi connectivity index (χ3v) is 4.59. The van der Waals surface area contributed by atoms with Crippen LogP contribution in [0.5, 0.6) is 11.5 Å². The molecule has 6 heteroatoms. The van der Waals surface area contributed by atoms with Crippen LogP contribution in [0, 0.1) is 19.8 Å². The SMILES string of the molecule is CC1=C2OC(=O)c3c(C)cc(O)c(C)c3O[C@@H]2[C@@H](C)[C@H](O)C1=O. The van der Waals surface area contributed by atoms with Crippen molar-refractivity contribution in [1.29, 1.82) is 0 Å². The Bertz CT molecular complexity index is 761. The predicted octanol–water partition coefficient (Wildman–Crippen LogP) is 1.78. The van der Waals surface area contributed by atoms with Gasteiger partial charge in [0.1, 0.15) is 23.2 Å². The number of carbonyl (C=O) groups is 2. The van der Waals surface area contributed by atoms with Crippen LogP contribution in [0.2, 0.25) is 0 Å². The number of hydrogen-bond acceptors (Lipinski definition) is 6. The summed E-state index contributed by atoms with van der Waals surface area (Å²) in [5.41, 5.74) is 1.34. The average molecular weight is 318 g/mol. The summed E-state index contributed by atoms with van der Waals surface area (Å²) in [6.07, 6.45) is -1.99. The van der Waals surface area contributed by atoms with E-state index in [9.17, 15) is 19.8 Å². The summed E-state index contributed by atoms with van der Waals surface area (Å²) in [7, 11) is 0. The summed E-state index contributed by atoms with van der Waals surface area (Å²) < 4.78 is 11.4. The highest BCUT2D eigenvalue weighted by molar-refractivity contribution is 6.02. The summed E-state index contributed by atoms with van der Waals surface area (Å²) in [5, 5.41) is 20.1. The molecule has 0 amide bonds. The van der Waals surface area contributed by atoms with Crippen molar-refractivity contribution in [3.63, 3.8) is 0 Å². The number of phenolic OH excluding ortho intramolecular Hbond substituents is 1. The maximum absolute atomic E-state index is 12.5. The van der Waals surface area contributed by atoms with Crippen molar-refractivity contribution in [3.8, 4) is 11.5 Å². The number of phenols is 1. The number of aryl methyl sites for hydroxylation is 1. The first-order valence-electron chi connectivity index (χ1n) is 7.39. The Hall–Kier alpha value is -2.34. The molecule has 0 saturated heterocycles. The Morgan fingerprint density at radius 3 is 2.48 bits per heavy atom. The molecule has 0 saturated carbocycles. The quantitative estimate of drug-likeness (QED) is 0.708. The second-order valence-corrected chi connectivity index (χ2v) is 6.13. The minimum atomic E-state index is -1.22. The highest BCUT2D eigenvalue weighted by atomic mass is 16.6. The normalized spacial score (nSPS) is 26.9. The third kappa shape index (κ3) is 2.13. The molecule has 1 aliphatic carbocycles. The second-order valence-electron chi connectivity index (χ2n) is 6.13. The number of benzene rings is 1. The molecule has 1 aliphatic heterocycles. The average Bonchev–Trinajstić information content (AvgIpc) is 2.65. The van der Waals surface area contributed by atoms with Crippen LogP contribution in [0.4, 0.5) is 0 Å². The molecule has 3 atom stereocenters. The third-order valence-electron chi connectivity index (χ3n) is 4.59. The second kappa shape index (κ2) is 5.09. The van der Waals surface area contributed by atoms with Gasteiger partial charge < -0.3 is 19.7 Å². The number of carbonyl (C=O) groups excluding carboxylic acids is 2. The number of fused-ring (bicyclic) bond motifs is 2. The topological polar surface area (TPSA) is 93.1 Å². The molecule has 2 N–H and O–H groups in total. The molecule has 0 aromatic heterocycles.